The number of halogens is 2. The first-order valence-electron chi connectivity index (χ1n) is 6.19. The normalized spacial score (nSPS) is 10.4. The van der Waals surface area contributed by atoms with E-state index in [1.54, 1.807) is 0 Å². The van der Waals surface area contributed by atoms with Gasteiger partial charge in [0.25, 0.3) is 0 Å². The molecular weight excluding hydrogens is 262 g/mol. The van der Waals surface area contributed by atoms with Crippen molar-refractivity contribution in [2.24, 2.45) is 0 Å². The molecule has 0 radical (unpaired) electrons. The highest BCUT2D eigenvalue weighted by Crippen LogP contribution is 2.25. The molecule has 5 heteroatoms. The van der Waals surface area contributed by atoms with Crippen molar-refractivity contribution in [3.63, 3.8) is 0 Å². The molecule has 2 N–H and O–H groups in total. The fourth-order valence-electron chi connectivity index (χ4n) is 1.85. The number of ether oxygens (including phenoxy) is 1. The van der Waals surface area contributed by atoms with E-state index in [1.165, 1.54) is 20.1 Å². The largest absolute Gasteiger partial charge is 0.496 e. The van der Waals surface area contributed by atoms with Crippen molar-refractivity contribution in [2.45, 2.75) is 13.5 Å². The van der Waals surface area contributed by atoms with Crippen LogP contribution < -0.4 is 15.6 Å². The lowest BCUT2D eigenvalue weighted by molar-refractivity contribution is 0.398. The van der Waals surface area contributed by atoms with Gasteiger partial charge in [-0.1, -0.05) is 18.2 Å². The highest BCUT2D eigenvalue weighted by molar-refractivity contribution is 5.42. The summed E-state index contributed by atoms with van der Waals surface area (Å²) in [4.78, 5) is 0. The summed E-state index contributed by atoms with van der Waals surface area (Å²) in [6.45, 7) is 1.62. The topological polar surface area (TPSA) is 33.3 Å². The van der Waals surface area contributed by atoms with Crippen LogP contribution in [-0.2, 0) is 6.54 Å². The molecule has 0 unspecified atom stereocenters. The van der Waals surface area contributed by atoms with E-state index in [2.05, 4.69) is 10.9 Å². The van der Waals surface area contributed by atoms with Gasteiger partial charge in [-0.3, -0.25) is 0 Å². The fraction of sp³-hybridized carbons (Fsp3) is 0.200. The molecule has 0 heterocycles. The molecule has 0 aromatic heterocycles. The Bertz CT molecular complexity index is 588. The summed E-state index contributed by atoms with van der Waals surface area (Å²) in [6.07, 6.45) is 0. The van der Waals surface area contributed by atoms with Crippen molar-refractivity contribution in [3.05, 3.63) is 59.2 Å². The van der Waals surface area contributed by atoms with Gasteiger partial charge in [-0.05, 0) is 25.1 Å². The molecule has 0 atom stereocenters. The number of para-hydroxylation sites is 1. The molecule has 0 aliphatic heterocycles. The quantitative estimate of drug-likeness (QED) is 0.822. The minimum Gasteiger partial charge on any atom is -0.496 e. The lowest BCUT2D eigenvalue weighted by Gasteiger charge is -2.12. The van der Waals surface area contributed by atoms with E-state index >= 15 is 0 Å². The Morgan fingerprint density at radius 3 is 2.45 bits per heavy atom. The number of hydrogen-bond acceptors (Lipinski definition) is 3. The molecule has 106 valence electrons. The van der Waals surface area contributed by atoms with E-state index in [0.717, 1.165) is 5.69 Å². The molecule has 2 aromatic carbocycles. The van der Waals surface area contributed by atoms with Crippen LogP contribution in [0.1, 0.15) is 11.1 Å². The first-order valence-corrected chi connectivity index (χ1v) is 6.19. The van der Waals surface area contributed by atoms with Crippen molar-refractivity contribution >= 4 is 5.69 Å². The Hall–Kier alpha value is -2.14. The maximum absolute atomic E-state index is 13.8. The number of methoxy groups -OCH3 is 1. The summed E-state index contributed by atoms with van der Waals surface area (Å²) in [5.74, 6) is -1.40. The molecule has 0 aliphatic rings. The van der Waals surface area contributed by atoms with Gasteiger partial charge in [0.05, 0.1) is 7.11 Å². The van der Waals surface area contributed by atoms with Crippen molar-refractivity contribution < 1.29 is 13.5 Å². The van der Waals surface area contributed by atoms with Crippen LogP contribution in [0.3, 0.4) is 0 Å². The van der Waals surface area contributed by atoms with Gasteiger partial charge in [-0.25, -0.2) is 14.2 Å². The molecule has 20 heavy (non-hydrogen) atoms. The summed E-state index contributed by atoms with van der Waals surface area (Å²) in [5, 5.41) is 0. The van der Waals surface area contributed by atoms with E-state index in [1.807, 2.05) is 30.3 Å². The Balaban J connectivity index is 2.08. The van der Waals surface area contributed by atoms with E-state index in [0.29, 0.717) is 5.75 Å². The Kier molecular flexibility index (Phi) is 4.53. The summed E-state index contributed by atoms with van der Waals surface area (Å²) in [6, 6.07) is 10.9. The van der Waals surface area contributed by atoms with Gasteiger partial charge in [0.2, 0.25) is 0 Å². The molecule has 0 spiro atoms. The third-order valence-corrected chi connectivity index (χ3v) is 2.98. The van der Waals surface area contributed by atoms with E-state index < -0.39 is 11.6 Å². The van der Waals surface area contributed by atoms with Gasteiger partial charge in [-0.15, -0.1) is 0 Å². The smallest absolute Gasteiger partial charge is 0.165 e. The van der Waals surface area contributed by atoms with Crippen molar-refractivity contribution in [2.75, 3.05) is 12.5 Å². The average Bonchev–Trinajstić information content (AvgIpc) is 2.48. The molecule has 3 nitrogen and oxygen atoms in total. The number of hydrazine groups is 1. The molecule has 0 aliphatic carbocycles. The van der Waals surface area contributed by atoms with Crippen LogP contribution in [-0.4, -0.2) is 7.11 Å². The summed E-state index contributed by atoms with van der Waals surface area (Å²) >= 11 is 0. The molecule has 0 bridgehead atoms. The van der Waals surface area contributed by atoms with E-state index in [-0.39, 0.29) is 17.7 Å². The van der Waals surface area contributed by atoms with Crippen LogP contribution in [0, 0.1) is 18.6 Å². The summed E-state index contributed by atoms with van der Waals surface area (Å²) < 4.78 is 32.5. The third-order valence-electron chi connectivity index (χ3n) is 2.98. The highest BCUT2D eigenvalue weighted by Gasteiger charge is 2.15. The second kappa shape index (κ2) is 6.34. The van der Waals surface area contributed by atoms with Gasteiger partial charge in [0.1, 0.15) is 5.75 Å². The monoisotopic (exact) mass is 278 g/mol. The van der Waals surface area contributed by atoms with Gasteiger partial charge in [0.15, 0.2) is 11.6 Å². The SMILES string of the molecule is COc1cc(CNNc2ccccc2)c(F)c(F)c1C. The summed E-state index contributed by atoms with van der Waals surface area (Å²) in [5.41, 5.74) is 6.97. The van der Waals surface area contributed by atoms with Crippen LogP contribution in [0.25, 0.3) is 0 Å². The average molecular weight is 278 g/mol. The molecule has 0 saturated heterocycles. The van der Waals surface area contributed by atoms with Crippen LogP contribution >= 0.6 is 0 Å². The Morgan fingerprint density at radius 2 is 1.80 bits per heavy atom. The minimum atomic E-state index is -0.874. The zero-order valence-corrected chi connectivity index (χ0v) is 11.3. The zero-order valence-electron chi connectivity index (χ0n) is 11.3. The first-order chi connectivity index (χ1) is 9.63. The lowest BCUT2D eigenvalue weighted by Crippen LogP contribution is -2.22. The standard InChI is InChI=1S/C15H16F2N2O/c1-10-13(20-2)8-11(15(17)14(10)16)9-18-19-12-6-4-3-5-7-12/h3-8,18-19H,9H2,1-2H3. The van der Waals surface area contributed by atoms with Gasteiger partial charge in [-0.2, -0.15) is 0 Å². The van der Waals surface area contributed by atoms with Crippen molar-refractivity contribution in [1.29, 1.82) is 0 Å². The Morgan fingerprint density at radius 1 is 1.10 bits per heavy atom. The van der Waals surface area contributed by atoms with E-state index in [4.69, 9.17) is 4.74 Å². The second-order valence-electron chi connectivity index (χ2n) is 4.34. The molecule has 0 amide bonds. The van der Waals surface area contributed by atoms with Gasteiger partial charge < -0.3 is 10.2 Å². The lowest BCUT2D eigenvalue weighted by atomic mass is 10.1. The van der Waals surface area contributed by atoms with E-state index in [9.17, 15) is 8.78 Å². The number of nitrogens with one attached hydrogen (secondary N) is 2. The fourth-order valence-corrected chi connectivity index (χ4v) is 1.85. The number of rotatable bonds is 5. The van der Waals surface area contributed by atoms with Crippen LogP contribution in [0.15, 0.2) is 36.4 Å². The third kappa shape index (κ3) is 3.05. The highest BCUT2D eigenvalue weighted by atomic mass is 19.2. The maximum Gasteiger partial charge on any atom is 0.165 e. The number of anilines is 1. The number of benzene rings is 2. The maximum atomic E-state index is 13.8. The summed E-state index contributed by atoms with van der Waals surface area (Å²) in [7, 11) is 1.43. The van der Waals surface area contributed by atoms with Gasteiger partial charge in [0, 0.05) is 23.4 Å². The second-order valence-corrected chi connectivity index (χ2v) is 4.34. The van der Waals surface area contributed by atoms with Gasteiger partial charge >= 0.3 is 0 Å². The molecule has 2 rings (SSSR count). The predicted octanol–water partition coefficient (Wildman–Crippen LogP) is 3.40. The molecule has 0 saturated carbocycles. The van der Waals surface area contributed by atoms with Crippen LogP contribution in [0.2, 0.25) is 0 Å². The predicted molar refractivity (Wildman–Crippen MR) is 74.6 cm³/mol. The molecule has 2 aromatic rings. The molecular formula is C15H16F2N2O. The van der Waals surface area contributed by atoms with Crippen LogP contribution in [0.4, 0.5) is 14.5 Å². The molecule has 0 fully saturated rings. The number of hydrogen-bond donors (Lipinski definition) is 2. The first kappa shape index (κ1) is 14.3. The zero-order chi connectivity index (χ0) is 14.5. The Labute approximate surface area is 116 Å². The minimum absolute atomic E-state index is 0.133. The van der Waals surface area contributed by atoms with Crippen LogP contribution in [0.5, 0.6) is 5.75 Å². The van der Waals surface area contributed by atoms with Crippen molar-refractivity contribution in [1.82, 2.24) is 5.43 Å². The van der Waals surface area contributed by atoms with Crippen molar-refractivity contribution in [3.8, 4) is 5.75 Å².